The van der Waals surface area contributed by atoms with Crippen LogP contribution in [0.1, 0.15) is 27.7 Å². The van der Waals surface area contributed by atoms with E-state index < -0.39 is 17.4 Å². The Morgan fingerprint density at radius 1 is 1.12 bits per heavy atom. The molecule has 2 aromatic rings. The Hall–Kier alpha value is -2.10. The Morgan fingerprint density at radius 2 is 1.71 bits per heavy atom. The molecule has 0 saturated heterocycles. The summed E-state index contributed by atoms with van der Waals surface area (Å²) in [6.45, 7) is 5.92. The second-order valence-corrected chi connectivity index (χ2v) is 6.33. The van der Waals surface area contributed by atoms with E-state index in [2.05, 4.69) is 0 Å². The lowest BCUT2D eigenvalue weighted by Gasteiger charge is -2.17. The minimum Gasteiger partial charge on any atom is -0.487 e. The van der Waals surface area contributed by atoms with Crippen molar-refractivity contribution in [3.05, 3.63) is 26.1 Å². The number of hydrogen-bond acceptors (Lipinski definition) is 7. The van der Waals surface area contributed by atoms with Crippen LogP contribution in [-0.4, -0.2) is 18.0 Å². The van der Waals surface area contributed by atoms with Crippen LogP contribution in [0.25, 0.3) is 11.0 Å². The smallest absolute Gasteiger partial charge is 0.308 e. The molecule has 1 aromatic carbocycles. The first-order valence-electron chi connectivity index (χ1n) is 7.02. The van der Waals surface area contributed by atoms with E-state index in [-0.39, 0.29) is 34.3 Å². The van der Waals surface area contributed by atoms with Gasteiger partial charge in [0.2, 0.25) is 11.2 Å². The van der Waals surface area contributed by atoms with Crippen LogP contribution in [0.2, 0.25) is 0 Å². The largest absolute Gasteiger partial charge is 0.487 e. The van der Waals surface area contributed by atoms with E-state index in [1.807, 2.05) is 0 Å². The molecule has 1 heterocycles. The Morgan fingerprint density at radius 3 is 2.25 bits per heavy atom. The van der Waals surface area contributed by atoms with Crippen LogP contribution < -0.4 is 19.6 Å². The van der Waals surface area contributed by atoms with Gasteiger partial charge in [-0.1, -0.05) is 0 Å². The summed E-state index contributed by atoms with van der Waals surface area (Å²) >= 11 is 1.80. The Bertz CT molecular complexity index is 867. The molecule has 0 amide bonds. The highest BCUT2D eigenvalue weighted by Crippen LogP contribution is 2.43. The molecule has 0 fully saturated rings. The summed E-state index contributed by atoms with van der Waals surface area (Å²) < 4.78 is 21.6. The number of esters is 2. The summed E-state index contributed by atoms with van der Waals surface area (Å²) in [5.74, 6) is -1.52. The number of carbonyl (C=O) groups excluding carboxylic acids is 2. The number of halogens is 1. The maximum absolute atomic E-state index is 12.5. The third-order valence-corrected chi connectivity index (χ3v) is 3.50. The fourth-order valence-electron chi connectivity index (χ4n) is 2.01. The van der Waals surface area contributed by atoms with Crippen LogP contribution in [0.3, 0.4) is 0 Å². The lowest BCUT2D eigenvalue weighted by Crippen LogP contribution is -2.15. The molecular formula is C16H15IO7. The van der Waals surface area contributed by atoms with Crippen LogP contribution in [0.15, 0.2) is 21.5 Å². The molecule has 0 radical (unpaired) electrons. The summed E-state index contributed by atoms with van der Waals surface area (Å²) in [5, 5.41) is 0.00413. The van der Waals surface area contributed by atoms with Crippen molar-refractivity contribution in [1.29, 1.82) is 0 Å². The summed E-state index contributed by atoms with van der Waals surface area (Å²) in [4.78, 5) is 35.4. The van der Waals surface area contributed by atoms with Gasteiger partial charge < -0.3 is 18.6 Å². The van der Waals surface area contributed by atoms with Crippen molar-refractivity contribution in [1.82, 2.24) is 0 Å². The Balaban J connectivity index is 2.91. The second kappa shape index (κ2) is 7.20. The Labute approximate surface area is 151 Å². The van der Waals surface area contributed by atoms with Gasteiger partial charge in [0.1, 0.15) is 17.2 Å². The molecule has 1 aromatic heterocycles. The molecule has 0 aliphatic rings. The molecule has 0 unspecified atom stereocenters. The van der Waals surface area contributed by atoms with Crippen molar-refractivity contribution >= 4 is 45.5 Å². The van der Waals surface area contributed by atoms with Crippen molar-refractivity contribution in [2.75, 3.05) is 0 Å². The predicted octanol–water partition coefficient (Wildman–Crippen LogP) is 3.04. The lowest BCUT2D eigenvalue weighted by atomic mass is 10.1. The zero-order valence-electron chi connectivity index (χ0n) is 13.5. The topological polar surface area (TPSA) is 92.0 Å². The molecule has 0 N–H and O–H groups in total. The van der Waals surface area contributed by atoms with E-state index >= 15 is 0 Å². The molecule has 0 saturated carbocycles. The minimum absolute atomic E-state index is 0.00413. The van der Waals surface area contributed by atoms with Gasteiger partial charge in [0.05, 0.1) is 9.67 Å². The summed E-state index contributed by atoms with van der Waals surface area (Å²) in [6.07, 6.45) is 1.03. The first-order chi connectivity index (χ1) is 11.2. The van der Waals surface area contributed by atoms with Gasteiger partial charge in [-0.25, -0.2) is 0 Å². The Kier molecular flexibility index (Phi) is 5.47. The fraction of sp³-hybridized carbons (Fsp3) is 0.312. The van der Waals surface area contributed by atoms with Crippen molar-refractivity contribution in [3.63, 3.8) is 0 Å². The molecule has 24 heavy (non-hydrogen) atoms. The van der Waals surface area contributed by atoms with E-state index in [1.165, 1.54) is 26.2 Å². The van der Waals surface area contributed by atoms with Gasteiger partial charge in [-0.3, -0.25) is 14.4 Å². The van der Waals surface area contributed by atoms with E-state index in [1.54, 1.807) is 36.4 Å². The average Bonchev–Trinajstić information content (AvgIpc) is 2.45. The number of hydrogen-bond donors (Lipinski definition) is 0. The van der Waals surface area contributed by atoms with Crippen molar-refractivity contribution in [3.8, 4) is 17.2 Å². The van der Waals surface area contributed by atoms with Gasteiger partial charge in [0.15, 0.2) is 11.5 Å². The van der Waals surface area contributed by atoms with E-state index in [0.717, 1.165) is 0 Å². The number of rotatable bonds is 4. The monoisotopic (exact) mass is 446 g/mol. The first kappa shape index (κ1) is 18.2. The maximum atomic E-state index is 12.5. The number of benzene rings is 1. The number of ether oxygens (including phenoxy) is 3. The highest BCUT2D eigenvalue weighted by Gasteiger charge is 2.25. The molecule has 0 atom stereocenters. The van der Waals surface area contributed by atoms with Gasteiger partial charge in [-0.2, -0.15) is 0 Å². The second-order valence-electron chi connectivity index (χ2n) is 5.17. The van der Waals surface area contributed by atoms with Gasteiger partial charge >= 0.3 is 11.9 Å². The molecule has 128 valence electrons. The van der Waals surface area contributed by atoms with Gasteiger partial charge in [-0.05, 0) is 36.4 Å². The molecule has 2 rings (SSSR count). The first-order valence-corrected chi connectivity index (χ1v) is 8.10. The number of fused-ring (bicyclic) bond motifs is 1. The molecule has 7 nitrogen and oxygen atoms in total. The molecule has 0 spiro atoms. The van der Waals surface area contributed by atoms with Crippen LogP contribution >= 0.6 is 22.6 Å². The standard InChI is InChI=1S/C16H15IO7/c1-7(2)22-12-5-11-13(14(20)10(17)6-21-11)16(24-9(4)19)15(12)23-8(3)18/h5-7H,1-4H3. The normalized spacial score (nSPS) is 10.8. The molecular weight excluding hydrogens is 431 g/mol. The predicted molar refractivity (Wildman–Crippen MR) is 93.6 cm³/mol. The highest BCUT2D eigenvalue weighted by molar-refractivity contribution is 14.1. The lowest BCUT2D eigenvalue weighted by molar-refractivity contribution is -0.134. The molecule has 0 bridgehead atoms. The maximum Gasteiger partial charge on any atom is 0.308 e. The van der Waals surface area contributed by atoms with Crippen LogP contribution in [0.5, 0.6) is 17.2 Å². The molecule has 0 aliphatic carbocycles. The van der Waals surface area contributed by atoms with E-state index in [0.29, 0.717) is 3.57 Å². The molecule has 0 aliphatic heterocycles. The fourth-order valence-corrected chi connectivity index (χ4v) is 2.41. The van der Waals surface area contributed by atoms with Gasteiger partial charge in [0.25, 0.3) is 0 Å². The van der Waals surface area contributed by atoms with Gasteiger partial charge in [-0.15, -0.1) is 0 Å². The third-order valence-electron chi connectivity index (χ3n) is 2.75. The summed E-state index contributed by atoms with van der Waals surface area (Å²) in [6, 6.07) is 1.43. The average molecular weight is 446 g/mol. The SMILES string of the molecule is CC(=O)Oc1c(OC(C)C)cc2occ(I)c(=O)c2c1OC(C)=O. The highest BCUT2D eigenvalue weighted by atomic mass is 127. The van der Waals surface area contributed by atoms with Gasteiger partial charge in [0, 0.05) is 19.9 Å². The van der Waals surface area contributed by atoms with E-state index in [4.69, 9.17) is 18.6 Å². The summed E-state index contributed by atoms with van der Waals surface area (Å²) in [7, 11) is 0. The van der Waals surface area contributed by atoms with Crippen LogP contribution in [-0.2, 0) is 9.59 Å². The quantitative estimate of drug-likeness (QED) is 0.405. The zero-order valence-corrected chi connectivity index (χ0v) is 15.6. The third kappa shape index (κ3) is 3.86. The van der Waals surface area contributed by atoms with Crippen molar-refractivity contribution < 1.29 is 28.2 Å². The van der Waals surface area contributed by atoms with Crippen molar-refractivity contribution in [2.45, 2.75) is 33.8 Å². The minimum atomic E-state index is -0.676. The van der Waals surface area contributed by atoms with Crippen molar-refractivity contribution in [2.24, 2.45) is 0 Å². The zero-order chi connectivity index (χ0) is 18.0. The van der Waals surface area contributed by atoms with E-state index in [9.17, 15) is 14.4 Å². The summed E-state index contributed by atoms with van der Waals surface area (Å²) in [5.41, 5.74) is -0.249. The van der Waals surface area contributed by atoms with Crippen LogP contribution in [0, 0.1) is 3.57 Å². The number of carbonyl (C=O) groups is 2. The van der Waals surface area contributed by atoms with Crippen LogP contribution in [0.4, 0.5) is 0 Å². The molecule has 8 heteroatoms.